The van der Waals surface area contributed by atoms with Gasteiger partial charge in [-0.1, -0.05) is 6.42 Å². The van der Waals surface area contributed by atoms with Crippen LogP contribution in [-0.4, -0.2) is 86.0 Å². The molecular formula is C18H34N4O4S. The zero-order valence-electron chi connectivity index (χ0n) is 16.3. The number of hydrogen-bond donors (Lipinski definition) is 3. The molecule has 3 atom stereocenters. The zero-order chi connectivity index (χ0) is 19.5. The summed E-state index contributed by atoms with van der Waals surface area (Å²) in [4.78, 5) is 25.8. The number of ether oxygens (including phenoxy) is 2. The van der Waals surface area contributed by atoms with Crippen molar-refractivity contribution < 1.29 is 19.1 Å². The Labute approximate surface area is 166 Å². The van der Waals surface area contributed by atoms with Crippen molar-refractivity contribution in [1.82, 2.24) is 15.5 Å². The van der Waals surface area contributed by atoms with Gasteiger partial charge in [-0.25, -0.2) is 4.79 Å². The highest BCUT2D eigenvalue weighted by molar-refractivity contribution is 8.00. The Bertz CT molecular complexity index is 469. The zero-order valence-corrected chi connectivity index (χ0v) is 17.1. The van der Waals surface area contributed by atoms with E-state index in [1.807, 2.05) is 23.6 Å². The number of carbonyl (C=O) groups excluding carboxylic acids is 2. The normalized spacial score (nSPS) is 24.1. The van der Waals surface area contributed by atoms with E-state index >= 15 is 0 Å². The summed E-state index contributed by atoms with van der Waals surface area (Å²) >= 11 is 1.95. The van der Waals surface area contributed by atoms with Gasteiger partial charge in [0.2, 0.25) is 5.91 Å². The number of nitrogens with zero attached hydrogens (tertiary/aromatic N) is 1. The second kappa shape index (κ2) is 12.4. The lowest BCUT2D eigenvalue weighted by atomic mass is 10.0. The number of nitrogens with one attached hydrogen (secondary N) is 2. The molecule has 0 aromatic rings. The van der Waals surface area contributed by atoms with Gasteiger partial charge in [-0.15, -0.1) is 0 Å². The number of unbranched alkanes of at least 4 members (excludes halogenated alkanes) is 1. The number of rotatable bonds is 14. The van der Waals surface area contributed by atoms with Crippen molar-refractivity contribution in [3.63, 3.8) is 0 Å². The number of amides is 3. The largest absolute Gasteiger partial charge is 0.378 e. The van der Waals surface area contributed by atoms with Gasteiger partial charge < -0.3 is 30.7 Å². The predicted octanol–water partition coefficient (Wildman–Crippen LogP) is 0.553. The van der Waals surface area contributed by atoms with Crippen LogP contribution < -0.4 is 16.4 Å². The molecule has 0 saturated carbocycles. The molecule has 2 saturated heterocycles. The molecule has 2 aliphatic heterocycles. The molecule has 0 aromatic carbocycles. The van der Waals surface area contributed by atoms with Gasteiger partial charge in [-0.2, -0.15) is 11.8 Å². The molecule has 27 heavy (non-hydrogen) atoms. The van der Waals surface area contributed by atoms with Gasteiger partial charge in [0, 0.05) is 37.1 Å². The third-order valence-corrected chi connectivity index (χ3v) is 6.39. The Hall–Kier alpha value is -1.03. The first-order valence-corrected chi connectivity index (χ1v) is 11.0. The molecule has 0 unspecified atom stereocenters. The maximum absolute atomic E-state index is 11.9. The Morgan fingerprint density at radius 2 is 2.07 bits per heavy atom. The summed E-state index contributed by atoms with van der Waals surface area (Å²) in [6, 6.07) is 0.675. The van der Waals surface area contributed by atoms with Crippen LogP contribution in [-0.2, 0) is 14.3 Å². The minimum Gasteiger partial charge on any atom is -0.378 e. The van der Waals surface area contributed by atoms with Crippen LogP contribution in [0.15, 0.2) is 0 Å². The number of urea groups is 1. The SMILES string of the molecule is CCN1C(=O)N[C@H]2CS[C@@H](CCCCC(=O)NCCOCCOCCN)[C@H]21. The molecule has 8 nitrogen and oxygen atoms in total. The van der Waals surface area contributed by atoms with Crippen molar-refractivity contribution in [2.24, 2.45) is 5.73 Å². The summed E-state index contributed by atoms with van der Waals surface area (Å²) in [6.07, 6.45) is 3.48. The third kappa shape index (κ3) is 7.14. The van der Waals surface area contributed by atoms with Crippen LogP contribution in [0.3, 0.4) is 0 Å². The summed E-state index contributed by atoms with van der Waals surface area (Å²) in [5.41, 5.74) is 5.32. The number of fused-ring (bicyclic) bond motifs is 1. The number of likely N-dealkylation sites (N-methyl/N-ethyl adjacent to an activating group) is 1. The van der Waals surface area contributed by atoms with Gasteiger partial charge in [0.15, 0.2) is 0 Å². The summed E-state index contributed by atoms with van der Waals surface area (Å²) in [6.45, 7) is 5.92. The van der Waals surface area contributed by atoms with Crippen LogP contribution in [0.1, 0.15) is 32.6 Å². The van der Waals surface area contributed by atoms with Gasteiger partial charge in [-0.3, -0.25) is 4.79 Å². The Morgan fingerprint density at radius 3 is 2.81 bits per heavy atom. The fraction of sp³-hybridized carbons (Fsp3) is 0.889. The minimum absolute atomic E-state index is 0.0721. The molecule has 3 amide bonds. The molecule has 0 radical (unpaired) electrons. The number of thioether (sulfide) groups is 1. The van der Waals surface area contributed by atoms with E-state index in [0.29, 0.717) is 57.2 Å². The van der Waals surface area contributed by atoms with Gasteiger partial charge in [0.25, 0.3) is 0 Å². The molecule has 2 rings (SSSR count). The standard InChI is InChI=1S/C18H34N4O4S/c1-2-22-17-14(21-18(22)24)13-27-15(17)5-3-4-6-16(23)20-8-10-26-12-11-25-9-7-19/h14-15,17H,2-13,19H2,1H3,(H,20,23)(H,21,24)/t14-,15-,17-/m0/s1. The molecule has 2 fully saturated rings. The second-order valence-electron chi connectivity index (χ2n) is 6.81. The lowest BCUT2D eigenvalue weighted by Gasteiger charge is -2.26. The summed E-state index contributed by atoms with van der Waals surface area (Å²) in [5.74, 6) is 1.07. The van der Waals surface area contributed by atoms with E-state index in [-0.39, 0.29) is 18.0 Å². The number of nitrogens with two attached hydrogens (primary N) is 1. The number of hydrogen-bond acceptors (Lipinski definition) is 6. The molecule has 0 spiro atoms. The van der Waals surface area contributed by atoms with Gasteiger partial charge >= 0.3 is 6.03 Å². The summed E-state index contributed by atoms with van der Waals surface area (Å²) in [7, 11) is 0. The van der Waals surface area contributed by atoms with E-state index in [9.17, 15) is 9.59 Å². The molecule has 2 aliphatic rings. The molecule has 0 aromatic heterocycles. The topological polar surface area (TPSA) is 106 Å². The maximum Gasteiger partial charge on any atom is 0.318 e. The Morgan fingerprint density at radius 1 is 1.30 bits per heavy atom. The van der Waals surface area contributed by atoms with Crippen LogP contribution in [0, 0.1) is 0 Å². The monoisotopic (exact) mass is 402 g/mol. The third-order valence-electron chi connectivity index (χ3n) is 4.90. The van der Waals surface area contributed by atoms with E-state index in [1.165, 1.54) is 0 Å². The average Bonchev–Trinajstić information content (AvgIpc) is 3.18. The highest BCUT2D eigenvalue weighted by Gasteiger charge is 2.47. The summed E-state index contributed by atoms with van der Waals surface area (Å²) < 4.78 is 10.6. The van der Waals surface area contributed by atoms with Gasteiger partial charge in [0.05, 0.1) is 38.5 Å². The second-order valence-corrected chi connectivity index (χ2v) is 8.09. The van der Waals surface area contributed by atoms with Gasteiger partial charge in [-0.05, 0) is 19.8 Å². The van der Waals surface area contributed by atoms with Crippen molar-refractivity contribution in [3.05, 3.63) is 0 Å². The first-order chi connectivity index (χ1) is 13.2. The quantitative estimate of drug-likeness (QED) is 0.289. The smallest absolute Gasteiger partial charge is 0.318 e. The molecule has 156 valence electrons. The average molecular weight is 403 g/mol. The molecule has 0 bridgehead atoms. The highest BCUT2D eigenvalue weighted by Crippen LogP contribution is 2.37. The first-order valence-electron chi connectivity index (χ1n) is 9.98. The minimum atomic E-state index is 0.0721. The first kappa shape index (κ1) is 22.3. The van der Waals surface area contributed by atoms with Gasteiger partial charge in [0.1, 0.15) is 0 Å². The van der Waals surface area contributed by atoms with Crippen LogP contribution >= 0.6 is 11.8 Å². The number of carbonyl (C=O) groups is 2. The van der Waals surface area contributed by atoms with Crippen LogP contribution in [0.5, 0.6) is 0 Å². The Balaban J connectivity index is 1.48. The van der Waals surface area contributed by atoms with E-state index in [1.54, 1.807) is 0 Å². The van der Waals surface area contributed by atoms with E-state index in [0.717, 1.165) is 31.6 Å². The van der Waals surface area contributed by atoms with E-state index in [4.69, 9.17) is 15.2 Å². The fourth-order valence-electron chi connectivity index (χ4n) is 3.60. The van der Waals surface area contributed by atoms with Crippen LogP contribution in [0.4, 0.5) is 4.79 Å². The van der Waals surface area contributed by atoms with Crippen LogP contribution in [0.25, 0.3) is 0 Å². The molecule has 0 aliphatic carbocycles. The van der Waals surface area contributed by atoms with Crippen molar-refractivity contribution in [1.29, 1.82) is 0 Å². The van der Waals surface area contributed by atoms with Crippen molar-refractivity contribution >= 4 is 23.7 Å². The van der Waals surface area contributed by atoms with Crippen molar-refractivity contribution in [2.75, 3.05) is 51.8 Å². The van der Waals surface area contributed by atoms with Crippen LogP contribution in [0.2, 0.25) is 0 Å². The van der Waals surface area contributed by atoms with E-state index < -0.39 is 0 Å². The maximum atomic E-state index is 11.9. The molecule has 4 N–H and O–H groups in total. The lowest BCUT2D eigenvalue weighted by molar-refractivity contribution is -0.121. The van der Waals surface area contributed by atoms with Crippen molar-refractivity contribution in [2.45, 2.75) is 49.9 Å². The summed E-state index contributed by atoms with van der Waals surface area (Å²) in [5, 5.41) is 6.44. The molecule has 9 heteroatoms. The molecular weight excluding hydrogens is 368 g/mol. The van der Waals surface area contributed by atoms with E-state index in [2.05, 4.69) is 10.6 Å². The fourth-order valence-corrected chi connectivity index (χ4v) is 5.20. The predicted molar refractivity (Wildman–Crippen MR) is 107 cm³/mol. The lowest BCUT2D eigenvalue weighted by Crippen LogP contribution is -2.40. The van der Waals surface area contributed by atoms with Crippen molar-refractivity contribution in [3.8, 4) is 0 Å². The Kier molecular flexibility index (Phi) is 10.3. The molecule has 2 heterocycles. The highest BCUT2D eigenvalue weighted by atomic mass is 32.2.